The van der Waals surface area contributed by atoms with Crippen molar-refractivity contribution in [1.29, 1.82) is 0 Å². The molecule has 0 fully saturated rings. The van der Waals surface area contributed by atoms with E-state index in [4.69, 9.17) is 0 Å². The summed E-state index contributed by atoms with van der Waals surface area (Å²) in [6, 6.07) is 72.5. The molecule has 0 bridgehead atoms. The van der Waals surface area contributed by atoms with Gasteiger partial charge >= 0.3 is 0 Å². The van der Waals surface area contributed by atoms with Gasteiger partial charge in [0.05, 0.1) is 0 Å². The fourth-order valence-electron chi connectivity index (χ4n) is 7.16. The van der Waals surface area contributed by atoms with Gasteiger partial charge in [-0.2, -0.15) is 0 Å². The molecule has 0 saturated carbocycles. The number of para-hydroxylation sites is 1. The average Bonchev–Trinajstić information content (AvgIpc) is 3.18. The van der Waals surface area contributed by atoms with Gasteiger partial charge in [0, 0.05) is 17.1 Å². The van der Waals surface area contributed by atoms with E-state index in [1.807, 2.05) is 0 Å². The maximum atomic E-state index is 2.36. The topological polar surface area (TPSA) is 3.24 Å². The van der Waals surface area contributed by atoms with E-state index in [2.05, 4.69) is 205 Å². The van der Waals surface area contributed by atoms with Crippen molar-refractivity contribution in [2.75, 3.05) is 4.90 Å². The second-order valence-electron chi connectivity index (χ2n) is 12.6. The lowest BCUT2D eigenvalue weighted by atomic mass is 9.91. The first-order valence-electron chi connectivity index (χ1n) is 16.8. The zero-order chi connectivity index (χ0) is 32.6. The highest BCUT2D eigenvalue weighted by Crippen LogP contribution is 2.42. The van der Waals surface area contributed by atoms with Gasteiger partial charge in [0.1, 0.15) is 0 Å². The molecule has 49 heavy (non-hydrogen) atoms. The number of anilines is 3. The molecule has 0 aliphatic heterocycles. The summed E-state index contributed by atoms with van der Waals surface area (Å²) in [6.07, 6.45) is 0. The third-order valence-electron chi connectivity index (χ3n) is 9.62. The highest BCUT2D eigenvalue weighted by molar-refractivity contribution is 6.09. The molecule has 230 valence electrons. The van der Waals surface area contributed by atoms with Gasteiger partial charge in [-0.25, -0.2) is 0 Å². The summed E-state index contributed by atoms with van der Waals surface area (Å²) in [5, 5.41) is 7.57. The molecular formula is C48H33N. The monoisotopic (exact) mass is 623 g/mol. The van der Waals surface area contributed by atoms with Gasteiger partial charge in [-0.1, -0.05) is 152 Å². The van der Waals surface area contributed by atoms with Crippen LogP contribution in [0.3, 0.4) is 0 Å². The smallest absolute Gasteiger partial charge is 0.0468 e. The highest BCUT2D eigenvalue weighted by atomic mass is 15.1. The second kappa shape index (κ2) is 12.3. The minimum atomic E-state index is 1.11. The lowest BCUT2D eigenvalue weighted by Gasteiger charge is -2.27. The van der Waals surface area contributed by atoms with Gasteiger partial charge < -0.3 is 4.90 Å². The van der Waals surface area contributed by atoms with E-state index in [1.54, 1.807) is 0 Å². The fraction of sp³-hybridized carbons (Fsp3) is 0. The van der Waals surface area contributed by atoms with E-state index in [-0.39, 0.29) is 0 Å². The largest absolute Gasteiger partial charge is 0.310 e. The molecule has 1 heteroatoms. The van der Waals surface area contributed by atoms with Crippen LogP contribution in [-0.4, -0.2) is 0 Å². The summed E-state index contributed by atoms with van der Waals surface area (Å²) in [4.78, 5) is 2.36. The minimum Gasteiger partial charge on any atom is -0.310 e. The van der Waals surface area contributed by atoms with Crippen molar-refractivity contribution in [3.05, 3.63) is 200 Å². The molecule has 9 aromatic carbocycles. The Hall–Kier alpha value is -6.44. The second-order valence-corrected chi connectivity index (χ2v) is 12.6. The molecule has 1 nitrogen and oxygen atoms in total. The van der Waals surface area contributed by atoms with E-state index in [9.17, 15) is 0 Å². The van der Waals surface area contributed by atoms with Gasteiger partial charge in [-0.05, 0) is 114 Å². The zero-order valence-corrected chi connectivity index (χ0v) is 27.0. The molecule has 0 aromatic heterocycles. The van der Waals surface area contributed by atoms with Gasteiger partial charge in [-0.15, -0.1) is 0 Å². The third kappa shape index (κ3) is 5.42. The fourth-order valence-corrected chi connectivity index (χ4v) is 7.16. The van der Waals surface area contributed by atoms with Crippen LogP contribution in [0.2, 0.25) is 0 Å². The summed E-state index contributed by atoms with van der Waals surface area (Å²) in [6.45, 7) is 0. The summed E-state index contributed by atoms with van der Waals surface area (Å²) >= 11 is 0. The summed E-state index contributed by atoms with van der Waals surface area (Å²) < 4.78 is 0. The predicted molar refractivity (Wildman–Crippen MR) is 210 cm³/mol. The number of rotatable bonds is 6. The maximum absolute atomic E-state index is 2.36. The minimum absolute atomic E-state index is 1.11. The van der Waals surface area contributed by atoms with Crippen molar-refractivity contribution in [2.45, 2.75) is 0 Å². The molecule has 0 saturated heterocycles. The van der Waals surface area contributed by atoms with Crippen molar-refractivity contribution >= 4 is 49.4 Å². The van der Waals surface area contributed by atoms with Crippen LogP contribution in [-0.2, 0) is 0 Å². The quantitative estimate of drug-likeness (QED) is 0.167. The first kappa shape index (κ1) is 28.8. The van der Waals surface area contributed by atoms with Crippen molar-refractivity contribution < 1.29 is 0 Å². The van der Waals surface area contributed by atoms with Crippen LogP contribution in [0.1, 0.15) is 0 Å². The normalized spacial score (nSPS) is 11.3. The van der Waals surface area contributed by atoms with Crippen molar-refractivity contribution in [1.82, 2.24) is 0 Å². The zero-order valence-electron chi connectivity index (χ0n) is 27.0. The number of hydrogen-bond donors (Lipinski definition) is 0. The Bertz CT molecular complexity index is 2590. The van der Waals surface area contributed by atoms with Crippen LogP contribution in [0.25, 0.3) is 65.7 Å². The van der Waals surface area contributed by atoms with E-state index in [0.29, 0.717) is 0 Å². The number of nitrogens with zero attached hydrogens (tertiary/aromatic N) is 1. The van der Waals surface area contributed by atoms with Crippen molar-refractivity contribution in [2.24, 2.45) is 0 Å². The number of fused-ring (bicyclic) bond motifs is 4. The molecule has 0 N–H and O–H groups in total. The molecule has 0 radical (unpaired) electrons. The van der Waals surface area contributed by atoms with Gasteiger partial charge in [-0.3, -0.25) is 0 Å². The van der Waals surface area contributed by atoms with Gasteiger partial charge in [0.2, 0.25) is 0 Å². The van der Waals surface area contributed by atoms with Crippen molar-refractivity contribution in [3.63, 3.8) is 0 Å². The summed E-state index contributed by atoms with van der Waals surface area (Å²) in [7, 11) is 0. The van der Waals surface area contributed by atoms with Gasteiger partial charge in [0.25, 0.3) is 0 Å². The van der Waals surface area contributed by atoms with E-state index in [1.165, 1.54) is 65.7 Å². The maximum Gasteiger partial charge on any atom is 0.0468 e. The Morgan fingerprint density at radius 3 is 1.61 bits per heavy atom. The van der Waals surface area contributed by atoms with Crippen LogP contribution in [0.15, 0.2) is 200 Å². The van der Waals surface area contributed by atoms with Crippen LogP contribution >= 0.6 is 0 Å². The Morgan fingerprint density at radius 2 is 0.796 bits per heavy atom. The van der Waals surface area contributed by atoms with Crippen LogP contribution in [0.4, 0.5) is 17.1 Å². The molecule has 0 amide bonds. The highest BCUT2D eigenvalue weighted by Gasteiger charge is 2.17. The number of hydrogen-bond acceptors (Lipinski definition) is 1. The Morgan fingerprint density at radius 1 is 0.245 bits per heavy atom. The van der Waals surface area contributed by atoms with E-state index < -0.39 is 0 Å². The predicted octanol–water partition coefficient (Wildman–Crippen LogP) is 13.6. The third-order valence-corrected chi connectivity index (χ3v) is 9.62. The molecular weight excluding hydrogens is 591 g/mol. The summed E-state index contributed by atoms with van der Waals surface area (Å²) in [5.41, 5.74) is 10.6. The molecule has 0 spiro atoms. The first-order chi connectivity index (χ1) is 24.3. The van der Waals surface area contributed by atoms with Gasteiger partial charge in [0.15, 0.2) is 0 Å². The molecule has 0 unspecified atom stereocenters. The molecule has 9 aromatic rings. The van der Waals surface area contributed by atoms with Crippen LogP contribution in [0.5, 0.6) is 0 Å². The molecule has 0 aliphatic carbocycles. The van der Waals surface area contributed by atoms with Crippen molar-refractivity contribution in [3.8, 4) is 33.4 Å². The Kier molecular flexibility index (Phi) is 7.22. The molecule has 0 heterocycles. The average molecular weight is 624 g/mol. The van der Waals surface area contributed by atoms with E-state index in [0.717, 1.165) is 17.1 Å². The van der Waals surface area contributed by atoms with Crippen LogP contribution < -0.4 is 4.90 Å². The lowest BCUT2D eigenvalue weighted by molar-refractivity contribution is 1.28. The van der Waals surface area contributed by atoms with E-state index >= 15 is 0 Å². The molecule has 9 rings (SSSR count). The first-order valence-corrected chi connectivity index (χ1v) is 16.8. The summed E-state index contributed by atoms with van der Waals surface area (Å²) in [5.74, 6) is 0. The van der Waals surface area contributed by atoms with Crippen LogP contribution in [0, 0.1) is 0 Å². The Labute approximate surface area is 287 Å². The molecule has 0 atom stereocenters. The standard InChI is InChI=1S/C48H33N/c1-3-12-36(13-4-1)46-30-28-44(33-48(46)41-25-29-47-40(32-41)22-20-37-14-9-10-18-45(37)47)49(42-16-5-2-6-17-42)43-26-23-35(24-27-43)39-21-19-34-11-7-8-15-38(34)31-39/h1-33H. The number of benzene rings is 9. The Balaban J connectivity index is 1.18. The SMILES string of the molecule is c1ccc(-c2ccc(N(c3ccccc3)c3ccc(-c4ccc5ccccc5c4)cc3)cc2-c2ccc3c(ccc4ccccc43)c2)cc1. The molecule has 0 aliphatic rings. The lowest BCUT2D eigenvalue weighted by Crippen LogP contribution is -2.10.